The highest BCUT2D eigenvalue weighted by Gasteiger charge is 2.29. The number of carbonyl (C=O) groups excluding carboxylic acids is 1. The summed E-state index contributed by atoms with van der Waals surface area (Å²) in [7, 11) is -0.837. The Balaban J connectivity index is 2.16. The van der Waals surface area contributed by atoms with Crippen LogP contribution in [-0.4, -0.2) is 69.0 Å². The van der Waals surface area contributed by atoms with Crippen molar-refractivity contribution in [1.82, 2.24) is 9.21 Å². The maximum atomic E-state index is 12.6. The van der Waals surface area contributed by atoms with Crippen LogP contribution in [0, 0.1) is 0 Å². The molecule has 1 aliphatic rings. The fraction of sp³-hybridized carbons (Fsp3) is 0.588. The number of amides is 1. The van der Waals surface area contributed by atoms with Crippen molar-refractivity contribution < 1.29 is 17.9 Å². The molecule has 2 rings (SSSR count). The number of ether oxygens (including phenoxy) is 1. The molecule has 1 N–H and O–H groups in total. The monoisotopic (exact) mass is 403 g/mol. The zero-order valence-corrected chi connectivity index (χ0v) is 17.3. The van der Waals surface area contributed by atoms with Crippen LogP contribution in [0.2, 0.25) is 5.02 Å². The number of sulfonamides is 1. The quantitative estimate of drug-likeness (QED) is 0.813. The molecule has 1 heterocycles. The molecule has 0 bridgehead atoms. The number of hydrogen-bond donors (Lipinski definition) is 1. The Morgan fingerprint density at radius 1 is 1.31 bits per heavy atom. The van der Waals surface area contributed by atoms with Gasteiger partial charge in [-0.2, -0.15) is 0 Å². The van der Waals surface area contributed by atoms with Gasteiger partial charge in [-0.1, -0.05) is 11.6 Å². The lowest BCUT2D eigenvalue weighted by atomic mass is 10.1. The number of benzene rings is 1. The lowest BCUT2D eigenvalue weighted by Gasteiger charge is -2.38. The molecule has 9 heteroatoms. The van der Waals surface area contributed by atoms with Gasteiger partial charge in [-0.3, -0.25) is 9.69 Å². The Bertz CT molecular complexity index is 759. The fourth-order valence-corrected chi connectivity index (χ4v) is 4.32. The van der Waals surface area contributed by atoms with E-state index in [1.54, 1.807) is 6.07 Å². The van der Waals surface area contributed by atoms with Gasteiger partial charge in [0.1, 0.15) is 4.90 Å². The molecule has 1 fully saturated rings. The molecule has 3 unspecified atom stereocenters. The van der Waals surface area contributed by atoms with E-state index in [9.17, 15) is 13.2 Å². The van der Waals surface area contributed by atoms with Gasteiger partial charge in [0.25, 0.3) is 0 Å². The Labute approximate surface area is 160 Å². The number of anilines is 1. The highest BCUT2D eigenvalue weighted by atomic mass is 35.5. The molecule has 3 atom stereocenters. The van der Waals surface area contributed by atoms with Crippen molar-refractivity contribution in [3.05, 3.63) is 23.2 Å². The van der Waals surface area contributed by atoms with Crippen LogP contribution in [-0.2, 0) is 19.6 Å². The minimum atomic E-state index is -3.70. The summed E-state index contributed by atoms with van der Waals surface area (Å²) in [6.07, 6.45) is 0.114. The first kappa shape index (κ1) is 21.1. The second-order valence-electron chi connectivity index (χ2n) is 6.81. The van der Waals surface area contributed by atoms with Crippen molar-refractivity contribution >= 4 is 33.2 Å². The second-order valence-corrected chi connectivity index (χ2v) is 9.34. The van der Waals surface area contributed by atoms with E-state index in [2.05, 4.69) is 10.2 Å². The summed E-state index contributed by atoms with van der Waals surface area (Å²) in [5.74, 6) is -0.207. The maximum absolute atomic E-state index is 12.6. The third-order valence-corrected chi connectivity index (χ3v) is 6.63. The molecule has 1 amide bonds. The summed E-state index contributed by atoms with van der Waals surface area (Å²) in [6, 6.07) is 4.07. The van der Waals surface area contributed by atoms with Gasteiger partial charge in [-0.25, -0.2) is 12.7 Å². The Morgan fingerprint density at radius 3 is 2.42 bits per heavy atom. The lowest BCUT2D eigenvalue weighted by Crippen LogP contribution is -2.52. The first-order valence-electron chi connectivity index (χ1n) is 8.44. The molecule has 26 heavy (non-hydrogen) atoms. The normalized spacial score (nSPS) is 23.0. The standard InChI is InChI=1S/C17H26ClN3O4S/c1-11-9-21(10-12(2)25-11)13(3)17(22)19-14-6-7-15(18)16(8-14)26(23,24)20(4)5/h6-8,11-13H,9-10H2,1-5H3,(H,19,22). The van der Waals surface area contributed by atoms with Gasteiger partial charge in [0.05, 0.1) is 23.3 Å². The van der Waals surface area contributed by atoms with Crippen LogP contribution in [0.15, 0.2) is 23.1 Å². The van der Waals surface area contributed by atoms with Crippen LogP contribution in [0.3, 0.4) is 0 Å². The molecule has 1 aromatic carbocycles. The van der Waals surface area contributed by atoms with E-state index in [1.807, 2.05) is 20.8 Å². The topological polar surface area (TPSA) is 79.0 Å². The van der Waals surface area contributed by atoms with E-state index < -0.39 is 10.0 Å². The van der Waals surface area contributed by atoms with E-state index >= 15 is 0 Å². The van der Waals surface area contributed by atoms with Crippen molar-refractivity contribution in [3.63, 3.8) is 0 Å². The van der Waals surface area contributed by atoms with E-state index in [1.165, 1.54) is 26.2 Å². The Kier molecular flexibility index (Phi) is 6.68. The third-order valence-electron chi connectivity index (χ3n) is 4.33. The Morgan fingerprint density at radius 2 is 1.88 bits per heavy atom. The zero-order chi connectivity index (χ0) is 19.6. The highest BCUT2D eigenvalue weighted by Crippen LogP contribution is 2.27. The molecule has 7 nitrogen and oxygen atoms in total. The summed E-state index contributed by atoms with van der Waals surface area (Å²) >= 11 is 6.04. The summed E-state index contributed by atoms with van der Waals surface area (Å²) in [5, 5.41) is 2.90. The first-order valence-corrected chi connectivity index (χ1v) is 10.3. The molecule has 0 aromatic heterocycles. The number of nitrogens with zero attached hydrogens (tertiary/aromatic N) is 2. The predicted octanol–water partition coefficient (Wildman–Crippen LogP) is 2.03. The van der Waals surface area contributed by atoms with Crippen LogP contribution < -0.4 is 5.32 Å². The van der Waals surface area contributed by atoms with Gasteiger partial charge < -0.3 is 10.1 Å². The summed E-state index contributed by atoms with van der Waals surface area (Å²) < 4.78 is 31.5. The third kappa shape index (κ3) is 4.75. The van der Waals surface area contributed by atoms with Crippen LogP contribution in [0.5, 0.6) is 0 Å². The summed E-state index contributed by atoms with van der Waals surface area (Å²) in [5.41, 5.74) is 0.390. The molecule has 0 spiro atoms. The highest BCUT2D eigenvalue weighted by molar-refractivity contribution is 7.89. The van der Waals surface area contributed by atoms with Gasteiger partial charge in [0.15, 0.2) is 0 Å². The maximum Gasteiger partial charge on any atom is 0.244 e. The number of rotatable bonds is 5. The predicted molar refractivity (Wildman–Crippen MR) is 102 cm³/mol. The molecule has 0 saturated carbocycles. The van der Waals surface area contributed by atoms with E-state index in [0.717, 1.165) is 4.31 Å². The average molecular weight is 404 g/mol. The molecular formula is C17H26ClN3O4S. The molecular weight excluding hydrogens is 378 g/mol. The van der Waals surface area contributed by atoms with Gasteiger partial charge >= 0.3 is 0 Å². The van der Waals surface area contributed by atoms with Gasteiger partial charge in [0.2, 0.25) is 15.9 Å². The summed E-state index contributed by atoms with van der Waals surface area (Å²) in [6.45, 7) is 7.11. The van der Waals surface area contributed by atoms with Crippen molar-refractivity contribution in [3.8, 4) is 0 Å². The fourth-order valence-electron chi connectivity index (χ4n) is 2.92. The van der Waals surface area contributed by atoms with Crippen LogP contribution in [0.25, 0.3) is 0 Å². The molecule has 0 aliphatic carbocycles. The van der Waals surface area contributed by atoms with Gasteiger partial charge in [-0.05, 0) is 39.0 Å². The lowest BCUT2D eigenvalue weighted by molar-refractivity contribution is -0.126. The van der Waals surface area contributed by atoms with E-state index in [4.69, 9.17) is 16.3 Å². The molecule has 146 valence electrons. The van der Waals surface area contributed by atoms with Gasteiger partial charge in [0, 0.05) is 32.9 Å². The molecule has 1 aliphatic heterocycles. The van der Waals surface area contributed by atoms with Crippen LogP contribution >= 0.6 is 11.6 Å². The minimum absolute atomic E-state index is 0.0387. The smallest absolute Gasteiger partial charge is 0.244 e. The average Bonchev–Trinajstić information content (AvgIpc) is 2.54. The van der Waals surface area contributed by atoms with Crippen LogP contribution in [0.1, 0.15) is 20.8 Å². The number of nitrogens with one attached hydrogen (secondary N) is 1. The SMILES string of the molecule is CC1CN(C(C)C(=O)Nc2ccc(Cl)c(S(=O)(=O)N(C)C)c2)CC(C)O1. The second kappa shape index (κ2) is 8.22. The molecule has 1 saturated heterocycles. The molecule has 0 radical (unpaired) electrons. The number of morpholine rings is 1. The van der Waals surface area contributed by atoms with Crippen molar-refractivity contribution in [1.29, 1.82) is 0 Å². The van der Waals surface area contributed by atoms with E-state index in [-0.39, 0.29) is 34.1 Å². The van der Waals surface area contributed by atoms with Gasteiger partial charge in [-0.15, -0.1) is 0 Å². The zero-order valence-electron chi connectivity index (χ0n) is 15.7. The number of halogens is 1. The summed E-state index contributed by atoms with van der Waals surface area (Å²) in [4.78, 5) is 14.6. The molecule has 1 aromatic rings. The Hall–Kier alpha value is -1.19. The van der Waals surface area contributed by atoms with Crippen molar-refractivity contribution in [2.24, 2.45) is 0 Å². The largest absolute Gasteiger partial charge is 0.373 e. The minimum Gasteiger partial charge on any atom is -0.373 e. The number of hydrogen-bond acceptors (Lipinski definition) is 5. The van der Waals surface area contributed by atoms with Crippen molar-refractivity contribution in [2.45, 2.75) is 43.9 Å². The van der Waals surface area contributed by atoms with Crippen LogP contribution in [0.4, 0.5) is 5.69 Å². The van der Waals surface area contributed by atoms with Crippen molar-refractivity contribution in [2.75, 3.05) is 32.5 Å². The van der Waals surface area contributed by atoms with E-state index in [0.29, 0.717) is 18.8 Å². The number of carbonyl (C=O) groups is 1. The first-order chi connectivity index (χ1) is 12.0.